The van der Waals surface area contributed by atoms with Gasteiger partial charge in [-0.3, -0.25) is 4.79 Å². The van der Waals surface area contributed by atoms with E-state index in [1.807, 2.05) is 13.0 Å². The highest BCUT2D eigenvalue weighted by Gasteiger charge is 2.32. The van der Waals surface area contributed by atoms with Gasteiger partial charge in [0.05, 0.1) is 24.0 Å². The Kier molecular flexibility index (Phi) is 5.37. The number of halogens is 1. The number of aromatic nitrogens is 5. The minimum Gasteiger partial charge on any atom is -0.370 e. The van der Waals surface area contributed by atoms with E-state index in [4.69, 9.17) is 16.3 Å². The Morgan fingerprint density at radius 2 is 2.10 bits per heavy atom. The summed E-state index contributed by atoms with van der Waals surface area (Å²) in [7, 11) is 0. The van der Waals surface area contributed by atoms with Crippen LogP contribution in [0.15, 0.2) is 49.6 Å². The van der Waals surface area contributed by atoms with Crippen molar-refractivity contribution in [2.45, 2.75) is 19.1 Å². The lowest BCUT2D eigenvalue weighted by atomic mass is 10.00. The summed E-state index contributed by atoms with van der Waals surface area (Å²) in [5.41, 5.74) is 2.67. The fourth-order valence-corrected chi connectivity index (χ4v) is 3.65. The number of hydrogen-bond donors (Lipinski definition) is 1. The van der Waals surface area contributed by atoms with Crippen molar-refractivity contribution in [1.29, 1.82) is 0 Å². The monoisotopic (exact) mass is 410 g/mol. The number of nitrogens with zero attached hydrogens (tertiary/aromatic N) is 5. The number of hydrogen-bond acceptors (Lipinski definition) is 6. The highest BCUT2D eigenvalue weighted by Crippen LogP contribution is 2.32. The lowest BCUT2D eigenvalue weighted by Crippen LogP contribution is -2.48. The minimum absolute atomic E-state index is 0.120. The Morgan fingerprint density at radius 3 is 2.86 bits per heavy atom. The van der Waals surface area contributed by atoms with Gasteiger partial charge in [-0.15, -0.1) is 0 Å². The average molecular weight is 411 g/mol. The van der Waals surface area contributed by atoms with Crippen LogP contribution in [0.2, 0.25) is 5.15 Å². The Bertz CT molecular complexity index is 1040. The van der Waals surface area contributed by atoms with E-state index >= 15 is 0 Å². The number of nitrogens with one attached hydrogen (secondary N) is 1. The number of carbonyl (C=O) groups excluding carboxylic acids is 1. The molecule has 2 atom stereocenters. The van der Waals surface area contributed by atoms with Gasteiger partial charge in [-0.2, -0.15) is 0 Å². The smallest absolute Gasteiger partial charge is 0.246 e. The zero-order valence-corrected chi connectivity index (χ0v) is 16.5. The van der Waals surface area contributed by atoms with Gasteiger partial charge < -0.3 is 14.6 Å². The molecular formula is C20H19ClN6O2. The first-order valence-electron chi connectivity index (χ1n) is 9.11. The number of H-pyrrole nitrogens is 1. The molecule has 1 aliphatic heterocycles. The average Bonchev–Trinajstić information content (AvgIpc) is 3.28. The molecule has 3 aromatic rings. The zero-order valence-electron chi connectivity index (χ0n) is 15.7. The number of morpholine rings is 1. The maximum absolute atomic E-state index is 12.1. The largest absolute Gasteiger partial charge is 0.370 e. The SMILES string of the molecule is C=CC(=O)N1CCOC(c2cc(Cl)nc(-c3cc(-c4ncc[nH]4)ncn3)c2)C1C. The van der Waals surface area contributed by atoms with E-state index in [2.05, 4.69) is 31.5 Å². The van der Waals surface area contributed by atoms with Crippen LogP contribution in [0.3, 0.4) is 0 Å². The molecule has 1 N–H and O–H groups in total. The van der Waals surface area contributed by atoms with Crippen LogP contribution in [0.25, 0.3) is 22.9 Å². The van der Waals surface area contributed by atoms with Gasteiger partial charge in [0, 0.05) is 18.9 Å². The summed E-state index contributed by atoms with van der Waals surface area (Å²) in [4.78, 5) is 34.1. The van der Waals surface area contributed by atoms with E-state index in [-0.39, 0.29) is 18.1 Å². The first-order chi connectivity index (χ1) is 14.1. The van der Waals surface area contributed by atoms with Crippen LogP contribution >= 0.6 is 11.6 Å². The van der Waals surface area contributed by atoms with E-state index in [1.54, 1.807) is 29.4 Å². The van der Waals surface area contributed by atoms with Gasteiger partial charge in [-0.25, -0.2) is 19.9 Å². The summed E-state index contributed by atoms with van der Waals surface area (Å²) >= 11 is 6.31. The van der Waals surface area contributed by atoms with Crippen molar-refractivity contribution in [2.75, 3.05) is 13.2 Å². The molecule has 29 heavy (non-hydrogen) atoms. The van der Waals surface area contributed by atoms with Gasteiger partial charge in [-0.1, -0.05) is 18.2 Å². The molecule has 1 fully saturated rings. The number of imidazole rings is 1. The molecule has 148 valence electrons. The molecule has 4 heterocycles. The van der Waals surface area contributed by atoms with Crippen molar-refractivity contribution < 1.29 is 9.53 Å². The topological polar surface area (TPSA) is 96.9 Å². The molecular weight excluding hydrogens is 392 g/mol. The Labute approximate surface area is 172 Å². The summed E-state index contributed by atoms with van der Waals surface area (Å²) in [6, 6.07) is 5.25. The van der Waals surface area contributed by atoms with Crippen LogP contribution in [0, 0.1) is 0 Å². The second-order valence-electron chi connectivity index (χ2n) is 6.60. The van der Waals surface area contributed by atoms with E-state index < -0.39 is 0 Å². The van der Waals surface area contributed by atoms with Crippen molar-refractivity contribution in [3.05, 3.63) is 60.3 Å². The Morgan fingerprint density at radius 1 is 1.28 bits per heavy atom. The maximum atomic E-state index is 12.1. The highest BCUT2D eigenvalue weighted by atomic mass is 35.5. The van der Waals surface area contributed by atoms with Crippen molar-refractivity contribution in [2.24, 2.45) is 0 Å². The molecule has 0 aromatic carbocycles. The summed E-state index contributed by atoms with van der Waals surface area (Å²) in [6.07, 6.45) is 5.83. The molecule has 1 aliphatic rings. The normalized spacial score (nSPS) is 19.2. The van der Waals surface area contributed by atoms with Crippen molar-refractivity contribution >= 4 is 17.5 Å². The van der Waals surface area contributed by atoms with Crippen LogP contribution in [0.5, 0.6) is 0 Å². The summed E-state index contributed by atoms with van der Waals surface area (Å²) in [6.45, 7) is 6.47. The van der Waals surface area contributed by atoms with Crippen LogP contribution in [-0.4, -0.2) is 54.9 Å². The molecule has 2 unspecified atom stereocenters. The molecule has 1 amide bonds. The molecule has 0 aliphatic carbocycles. The summed E-state index contributed by atoms with van der Waals surface area (Å²) in [5, 5.41) is 0.318. The fraction of sp³-hybridized carbons (Fsp3) is 0.250. The third-order valence-electron chi connectivity index (χ3n) is 4.83. The quantitative estimate of drug-likeness (QED) is 0.524. The predicted octanol–water partition coefficient (Wildman–Crippen LogP) is 3.06. The summed E-state index contributed by atoms with van der Waals surface area (Å²) < 4.78 is 5.97. The van der Waals surface area contributed by atoms with Gasteiger partial charge in [0.25, 0.3) is 0 Å². The number of carbonyl (C=O) groups is 1. The van der Waals surface area contributed by atoms with Gasteiger partial charge in [0.2, 0.25) is 5.91 Å². The number of ether oxygens (including phenoxy) is 1. The molecule has 0 bridgehead atoms. The number of pyridine rings is 1. The molecule has 1 saturated heterocycles. The van der Waals surface area contributed by atoms with Crippen LogP contribution < -0.4 is 0 Å². The van der Waals surface area contributed by atoms with Gasteiger partial charge >= 0.3 is 0 Å². The van der Waals surface area contributed by atoms with E-state index in [0.717, 1.165) is 5.56 Å². The van der Waals surface area contributed by atoms with Crippen molar-refractivity contribution in [1.82, 2.24) is 29.8 Å². The zero-order chi connectivity index (χ0) is 20.4. The molecule has 4 rings (SSSR count). The lowest BCUT2D eigenvalue weighted by Gasteiger charge is -2.39. The predicted molar refractivity (Wildman–Crippen MR) is 108 cm³/mol. The van der Waals surface area contributed by atoms with Crippen molar-refractivity contribution in [3.63, 3.8) is 0 Å². The van der Waals surface area contributed by atoms with E-state index in [0.29, 0.717) is 41.2 Å². The standard InChI is InChI=1S/C20H19ClN6O2/c1-3-18(28)27-6-7-29-19(12(27)2)13-8-15(26-17(21)9-13)14-10-16(25-11-24-14)20-22-4-5-23-20/h3-5,8-12,19H,1,6-7H2,2H3,(H,22,23). The van der Waals surface area contributed by atoms with E-state index in [1.165, 1.54) is 12.4 Å². The van der Waals surface area contributed by atoms with Crippen molar-refractivity contribution in [3.8, 4) is 22.9 Å². The Balaban J connectivity index is 1.69. The molecule has 9 heteroatoms. The third kappa shape index (κ3) is 3.90. The molecule has 3 aromatic heterocycles. The van der Waals surface area contributed by atoms with Crippen LogP contribution in [0.4, 0.5) is 0 Å². The van der Waals surface area contributed by atoms with Gasteiger partial charge in [0.15, 0.2) is 5.82 Å². The van der Waals surface area contributed by atoms with Crippen LogP contribution in [-0.2, 0) is 9.53 Å². The molecule has 0 saturated carbocycles. The Hall–Kier alpha value is -3.10. The molecule has 8 nitrogen and oxygen atoms in total. The number of amides is 1. The first-order valence-corrected chi connectivity index (χ1v) is 9.49. The molecule has 0 radical (unpaired) electrons. The summed E-state index contributed by atoms with van der Waals surface area (Å²) in [5.74, 6) is 0.517. The van der Waals surface area contributed by atoms with Crippen LogP contribution in [0.1, 0.15) is 18.6 Å². The maximum Gasteiger partial charge on any atom is 0.246 e. The first kappa shape index (κ1) is 19.2. The number of rotatable bonds is 4. The lowest BCUT2D eigenvalue weighted by molar-refractivity contribution is -0.140. The third-order valence-corrected chi connectivity index (χ3v) is 5.03. The second-order valence-corrected chi connectivity index (χ2v) is 6.99. The van der Waals surface area contributed by atoms with E-state index in [9.17, 15) is 4.79 Å². The molecule has 0 spiro atoms. The number of aromatic amines is 1. The highest BCUT2D eigenvalue weighted by molar-refractivity contribution is 6.29. The van der Waals surface area contributed by atoms with Gasteiger partial charge in [0.1, 0.15) is 23.3 Å². The fourth-order valence-electron chi connectivity index (χ4n) is 3.43. The minimum atomic E-state index is -0.335. The second kappa shape index (κ2) is 8.10. The van der Waals surface area contributed by atoms with Gasteiger partial charge in [-0.05, 0) is 36.8 Å².